The van der Waals surface area contributed by atoms with E-state index in [0.29, 0.717) is 23.0 Å². The smallest absolute Gasteiger partial charge is 0.164 e. The van der Waals surface area contributed by atoms with Gasteiger partial charge in [0.15, 0.2) is 17.5 Å². The molecule has 1 heterocycles. The van der Waals surface area contributed by atoms with Crippen LogP contribution in [0.1, 0.15) is 5.56 Å². The largest absolute Gasteiger partial charge is 0.208 e. The average molecular weight is 611 g/mol. The highest BCUT2D eigenvalue weighted by molar-refractivity contribution is 6.25. The number of aromatic nitrogens is 3. The van der Waals surface area contributed by atoms with Gasteiger partial charge in [0.25, 0.3) is 0 Å². The van der Waals surface area contributed by atoms with E-state index in [1.807, 2.05) is 84.9 Å². The quantitative estimate of drug-likeness (QED) is 0.182. The van der Waals surface area contributed by atoms with Crippen molar-refractivity contribution in [3.8, 4) is 62.5 Å². The molecule has 0 aliphatic heterocycles. The number of nitrogens with zero attached hydrogens (tertiary/aromatic N) is 4. The predicted molar refractivity (Wildman–Crippen MR) is 195 cm³/mol. The second kappa shape index (κ2) is 11.3. The van der Waals surface area contributed by atoms with Crippen LogP contribution in [0.4, 0.5) is 0 Å². The maximum absolute atomic E-state index is 9.73. The molecule has 0 aliphatic rings. The van der Waals surface area contributed by atoms with Crippen LogP contribution in [0.2, 0.25) is 0 Å². The summed E-state index contributed by atoms with van der Waals surface area (Å²) in [6, 6.07) is 56.4. The fraction of sp³-hybridized carbons (Fsp3) is 0. The molecule has 0 fully saturated rings. The van der Waals surface area contributed by atoms with Gasteiger partial charge in [-0.25, -0.2) is 15.0 Å². The molecule has 0 N–H and O–H groups in total. The maximum Gasteiger partial charge on any atom is 0.164 e. The van der Waals surface area contributed by atoms with Gasteiger partial charge < -0.3 is 0 Å². The highest BCUT2D eigenvalue weighted by Crippen LogP contribution is 2.41. The third-order valence-electron chi connectivity index (χ3n) is 9.06. The van der Waals surface area contributed by atoms with Crippen molar-refractivity contribution in [1.29, 1.82) is 5.26 Å². The minimum absolute atomic E-state index is 0.583. The molecule has 0 saturated heterocycles. The molecule has 0 atom stereocenters. The molecule has 9 rings (SSSR count). The lowest BCUT2D eigenvalue weighted by atomic mass is 9.88. The topological polar surface area (TPSA) is 62.5 Å². The Morgan fingerprint density at radius 2 is 0.896 bits per heavy atom. The lowest BCUT2D eigenvalue weighted by Gasteiger charge is -2.16. The van der Waals surface area contributed by atoms with Gasteiger partial charge in [0.2, 0.25) is 0 Å². The molecule has 4 heteroatoms. The highest BCUT2D eigenvalue weighted by Gasteiger charge is 2.17. The lowest BCUT2D eigenvalue weighted by Crippen LogP contribution is -2.00. The van der Waals surface area contributed by atoms with E-state index in [1.165, 1.54) is 32.3 Å². The van der Waals surface area contributed by atoms with Gasteiger partial charge >= 0.3 is 0 Å². The molecule has 0 unspecified atom stereocenters. The second-order valence-corrected chi connectivity index (χ2v) is 12.0. The van der Waals surface area contributed by atoms with E-state index >= 15 is 0 Å². The van der Waals surface area contributed by atoms with Crippen LogP contribution in [0.5, 0.6) is 0 Å². The summed E-state index contributed by atoms with van der Waals surface area (Å²) >= 11 is 0. The molecule has 0 amide bonds. The third-order valence-corrected chi connectivity index (χ3v) is 9.06. The van der Waals surface area contributed by atoms with Crippen molar-refractivity contribution in [3.05, 3.63) is 163 Å². The Bertz CT molecular complexity index is 2600. The number of benzene rings is 8. The molecule has 0 bridgehead atoms. The Kier molecular flexibility index (Phi) is 6.48. The van der Waals surface area contributed by atoms with Crippen molar-refractivity contribution < 1.29 is 0 Å². The zero-order valence-corrected chi connectivity index (χ0v) is 25.8. The van der Waals surface area contributed by atoms with Crippen molar-refractivity contribution in [3.63, 3.8) is 0 Å². The Morgan fingerprint density at radius 1 is 0.375 bits per heavy atom. The normalized spacial score (nSPS) is 11.3. The molecule has 48 heavy (non-hydrogen) atoms. The van der Waals surface area contributed by atoms with E-state index in [2.05, 4.69) is 78.9 Å². The Hall–Kier alpha value is -6.70. The summed E-state index contributed by atoms with van der Waals surface area (Å²) in [5.74, 6) is 1.81. The molecule has 222 valence electrons. The van der Waals surface area contributed by atoms with Crippen LogP contribution in [-0.2, 0) is 0 Å². The van der Waals surface area contributed by atoms with Crippen LogP contribution >= 0.6 is 0 Å². The SMILES string of the molecule is N#Cc1cccc(-c2cc(-c3nc(-c4ccccc4)nc(-c4ccccc4)n3)cc(-c3ccc4ccc5cccc6ccc3c4c56)c2)c1. The molecular weight excluding hydrogens is 585 g/mol. The second-order valence-electron chi connectivity index (χ2n) is 12.0. The van der Waals surface area contributed by atoms with Crippen molar-refractivity contribution >= 4 is 32.3 Å². The lowest BCUT2D eigenvalue weighted by molar-refractivity contribution is 1.07. The Labute approximate surface area is 277 Å². The summed E-state index contributed by atoms with van der Waals surface area (Å²) in [6.07, 6.45) is 0. The number of hydrogen-bond acceptors (Lipinski definition) is 4. The van der Waals surface area contributed by atoms with Gasteiger partial charge in [-0.3, -0.25) is 0 Å². The zero-order valence-electron chi connectivity index (χ0n) is 25.8. The Balaban J connectivity index is 1.32. The van der Waals surface area contributed by atoms with Crippen LogP contribution in [0.15, 0.2) is 158 Å². The van der Waals surface area contributed by atoms with Gasteiger partial charge in [-0.2, -0.15) is 5.26 Å². The van der Waals surface area contributed by atoms with Crippen LogP contribution in [0.25, 0.3) is 88.7 Å². The van der Waals surface area contributed by atoms with E-state index < -0.39 is 0 Å². The first-order valence-electron chi connectivity index (χ1n) is 15.9. The van der Waals surface area contributed by atoms with Gasteiger partial charge in [0, 0.05) is 16.7 Å². The fourth-order valence-electron chi connectivity index (χ4n) is 6.77. The molecule has 0 radical (unpaired) electrons. The molecular formula is C44H26N4. The molecule has 0 saturated carbocycles. The maximum atomic E-state index is 9.73. The first kappa shape index (κ1) is 27.6. The van der Waals surface area contributed by atoms with Crippen LogP contribution in [0, 0.1) is 11.3 Å². The summed E-state index contributed by atoms with van der Waals surface area (Å²) < 4.78 is 0. The number of rotatable bonds is 5. The van der Waals surface area contributed by atoms with Gasteiger partial charge in [0.05, 0.1) is 11.6 Å². The summed E-state index contributed by atoms with van der Waals surface area (Å²) in [5, 5.41) is 17.1. The van der Waals surface area contributed by atoms with Crippen molar-refractivity contribution in [2.75, 3.05) is 0 Å². The standard InChI is InChI=1S/C44H26N4/c45-27-28-9-7-16-34(23-28)35-24-36(38-21-19-31-18-17-29-14-8-15-30-20-22-39(38)41(31)40(29)30)26-37(25-35)44-47-42(32-10-3-1-4-11-32)46-43(48-44)33-12-5-2-6-13-33/h1-26H. The Morgan fingerprint density at radius 3 is 1.56 bits per heavy atom. The predicted octanol–water partition coefficient (Wildman–Crippen LogP) is 11.0. The highest BCUT2D eigenvalue weighted by atomic mass is 15.0. The third kappa shape index (κ3) is 4.74. The summed E-state index contributed by atoms with van der Waals surface area (Å²) in [6.45, 7) is 0. The van der Waals surface area contributed by atoms with Crippen LogP contribution in [0.3, 0.4) is 0 Å². The molecule has 8 aromatic carbocycles. The van der Waals surface area contributed by atoms with Crippen molar-refractivity contribution in [1.82, 2.24) is 15.0 Å². The van der Waals surface area contributed by atoms with E-state index in [1.54, 1.807) is 0 Å². The first-order chi connectivity index (χ1) is 23.7. The van der Waals surface area contributed by atoms with Gasteiger partial charge in [0.1, 0.15) is 0 Å². The zero-order chi connectivity index (χ0) is 32.0. The first-order valence-corrected chi connectivity index (χ1v) is 15.9. The minimum atomic E-state index is 0.583. The molecule has 0 aliphatic carbocycles. The molecule has 4 nitrogen and oxygen atoms in total. The average Bonchev–Trinajstić information content (AvgIpc) is 3.17. The van der Waals surface area contributed by atoms with Gasteiger partial charge in [-0.05, 0) is 84.9 Å². The van der Waals surface area contributed by atoms with E-state index in [9.17, 15) is 5.26 Å². The summed E-state index contributed by atoms with van der Waals surface area (Å²) in [4.78, 5) is 15.0. The summed E-state index contributed by atoms with van der Waals surface area (Å²) in [7, 11) is 0. The summed E-state index contributed by atoms with van der Waals surface area (Å²) in [5.41, 5.74) is 7.43. The number of hydrogen-bond donors (Lipinski definition) is 0. The van der Waals surface area contributed by atoms with E-state index in [4.69, 9.17) is 15.0 Å². The van der Waals surface area contributed by atoms with Gasteiger partial charge in [-0.15, -0.1) is 0 Å². The van der Waals surface area contributed by atoms with E-state index in [-0.39, 0.29) is 0 Å². The van der Waals surface area contributed by atoms with Gasteiger partial charge in [-0.1, -0.05) is 127 Å². The van der Waals surface area contributed by atoms with Crippen LogP contribution < -0.4 is 0 Å². The van der Waals surface area contributed by atoms with E-state index in [0.717, 1.165) is 38.9 Å². The molecule has 9 aromatic rings. The molecule has 1 aromatic heterocycles. The number of nitriles is 1. The minimum Gasteiger partial charge on any atom is -0.208 e. The van der Waals surface area contributed by atoms with Crippen molar-refractivity contribution in [2.24, 2.45) is 0 Å². The van der Waals surface area contributed by atoms with Crippen molar-refractivity contribution in [2.45, 2.75) is 0 Å². The molecule has 0 spiro atoms. The monoisotopic (exact) mass is 610 g/mol. The fourth-order valence-corrected chi connectivity index (χ4v) is 6.77. The van der Waals surface area contributed by atoms with Crippen LogP contribution in [-0.4, -0.2) is 15.0 Å².